The van der Waals surface area contributed by atoms with Gasteiger partial charge in [-0.05, 0) is 30.0 Å². The zero-order chi connectivity index (χ0) is 18.3. The van der Waals surface area contributed by atoms with Crippen LogP contribution in [0.5, 0.6) is 0 Å². The summed E-state index contributed by atoms with van der Waals surface area (Å²) in [5.74, 6) is -0.615. The molecule has 1 amide bonds. The zero-order valence-electron chi connectivity index (χ0n) is 14.4. The Morgan fingerprint density at radius 1 is 1.00 bits per heavy atom. The minimum Gasteiger partial charge on any atom is -0.324 e. The zero-order valence-corrected chi connectivity index (χ0v) is 15.2. The highest BCUT2D eigenvalue weighted by Crippen LogP contribution is 2.17. The maximum absolute atomic E-state index is 12.5. The van der Waals surface area contributed by atoms with Crippen LogP contribution in [-0.4, -0.2) is 20.4 Å². The van der Waals surface area contributed by atoms with Crippen molar-refractivity contribution in [2.45, 2.75) is 32.1 Å². The van der Waals surface area contributed by atoms with Crippen molar-refractivity contribution in [3.63, 3.8) is 0 Å². The SMILES string of the molecule is CC(C)C[C@H](OS(=O)(=O)Cc1ccccc1)C(=O)Nc1ccccc1. The first kappa shape index (κ1) is 19.1. The second-order valence-corrected chi connectivity index (χ2v) is 7.85. The minimum atomic E-state index is -3.88. The van der Waals surface area contributed by atoms with Gasteiger partial charge in [-0.1, -0.05) is 62.4 Å². The third kappa shape index (κ3) is 6.68. The van der Waals surface area contributed by atoms with Crippen LogP contribution in [0.1, 0.15) is 25.8 Å². The molecular formula is C19H23NO4S. The van der Waals surface area contributed by atoms with Crippen LogP contribution in [0.2, 0.25) is 0 Å². The van der Waals surface area contributed by atoms with Gasteiger partial charge in [0.15, 0.2) is 6.10 Å². The van der Waals surface area contributed by atoms with E-state index in [9.17, 15) is 13.2 Å². The summed E-state index contributed by atoms with van der Waals surface area (Å²) < 4.78 is 29.9. The lowest BCUT2D eigenvalue weighted by atomic mass is 10.1. The van der Waals surface area contributed by atoms with Crippen LogP contribution in [0, 0.1) is 5.92 Å². The maximum Gasteiger partial charge on any atom is 0.272 e. The Morgan fingerprint density at radius 3 is 2.12 bits per heavy atom. The van der Waals surface area contributed by atoms with Crippen molar-refractivity contribution >= 4 is 21.7 Å². The topological polar surface area (TPSA) is 72.5 Å². The molecule has 2 rings (SSSR count). The smallest absolute Gasteiger partial charge is 0.272 e. The summed E-state index contributed by atoms with van der Waals surface area (Å²) in [7, 11) is -3.88. The van der Waals surface area contributed by atoms with Gasteiger partial charge in [0, 0.05) is 5.69 Å². The van der Waals surface area contributed by atoms with Gasteiger partial charge in [0.1, 0.15) is 5.75 Å². The third-order valence-electron chi connectivity index (χ3n) is 3.47. The molecule has 0 radical (unpaired) electrons. The van der Waals surface area contributed by atoms with E-state index in [4.69, 9.17) is 4.18 Å². The Balaban J connectivity index is 2.09. The fourth-order valence-electron chi connectivity index (χ4n) is 2.35. The van der Waals surface area contributed by atoms with Crippen molar-refractivity contribution in [3.8, 4) is 0 Å². The number of nitrogens with one attached hydrogen (secondary N) is 1. The van der Waals surface area contributed by atoms with Crippen molar-refractivity contribution in [1.82, 2.24) is 0 Å². The molecule has 0 aliphatic rings. The quantitative estimate of drug-likeness (QED) is 0.729. The monoisotopic (exact) mass is 361 g/mol. The molecule has 0 unspecified atom stereocenters. The second kappa shape index (κ2) is 8.78. The standard InChI is InChI=1S/C19H23NO4S/c1-15(2)13-18(19(21)20-17-11-7-4-8-12-17)24-25(22,23)14-16-9-5-3-6-10-16/h3-12,15,18H,13-14H2,1-2H3,(H,20,21)/t18-/m0/s1. The average Bonchev–Trinajstić information content (AvgIpc) is 2.55. The molecule has 0 aliphatic carbocycles. The van der Waals surface area contributed by atoms with E-state index < -0.39 is 22.1 Å². The summed E-state index contributed by atoms with van der Waals surface area (Å²) in [6.07, 6.45) is -0.749. The Labute approximate surface area is 149 Å². The minimum absolute atomic E-state index is 0.110. The van der Waals surface area contributed by atoms with Crippen molar-refractivity contribution in [3.05, 3.63) is 66.2 Å². The molecule has 134 valence electrons. The van der Waals surface area contributed by atoms with Crippen LogP contribution >= 0.6 is 0 Å². The van der Waals surface area contributed by atoms with Gasteiger partial charge in [0.05, 0.1) is 0 Å². The fourth-order valence-corrected chi connectivity index (χ4v) is 3.54. The number of benzene rings is 2. The van der Waals surface area contributed by atoms with E-state index in [0.717, 1.165) is 0 Å². The number of amides is 1. The Morgan fingerprint density at radius 2 is 1.56 bits per heavy atom. The molecule has 0 heterocycles. The molecular weight excluding hydrogens is 338 g/mol. The first-order valence-corrected chi connectivity index (χ1v) is 9.74. The molecule has 0 bridgehead atoms. The fraction of sp³-hybridized carbons (Fsp3) is 0.316. The van der Waals surface area contributed by atoms with Gasteiger partial charge in [-0.25, -0.2) is 0 Å². The van der Waals surface area contributed by atoms with Gasteiger partial charge >= 0.3 is 0 Å². The second-order valence-electron chi connectivity index (χ2n) is 6.26. The first-order valence-electron chi connectivity index (χ1n) is 8.16. The molecule has 2 aromatic carbocycles. The normalized spacial score (nSPS) is 12.8. The third-order valence-corrected chi connectivity index (χ3v) is 4.68. The Kier molecular flexibility index (Phi) is 6.73. The highest BCUT2D eigenvalue weighted by molar-refractivity contribution is 7.85. The molecule has 0 spiro atoms. The predicted molar refractivity (Wildman–Crippen MR) is 98.5 cm³/mol. The lowest BCUT2D eigenvalue weighted by Gasteiger charge is -2.19. The summed E-state index contributed by atoms with van der Waals surface area (Å²) in [4.78, 5) is 12.5. The van der Waals surface area contributed by atoms with E-state index in [1.54, 1.807) is 48.5 Å². The van der Waals surface area contributed by atoms with Gasteiger partial charge in [0.2, 0.25) is 0 Å². The van der Waals surface area contributed by atoms with E-state index in [0.29, 0.717) is 17.7 Å². The lowest BCUT2D eigenvalue weighted by molar-refractivity contribution is -0.123. The number of hydrogen-bond donors (Lipinski definition) is 1. The van der Waals surface area contributed by atoms with E-state index in [1.807, 2.05) is 26.0 Å². The van der Waals surface area contributed by atoms with Crippen LogP contribution in [0.15, 0.2) is 60.7 Å². The molecule has 1 N–H and O–H groups in total. The number of carbonyl (C=O) groups is 1. The molecule has 6 heteroatoms. The molecule has 0 aliphatic heterocycles. The molecule has 5 nitrogen and oxygen atoms in total. The molecule has 0 aromatic heterocycles. The number of anilines is 1. The summed E-state index contributed by atoms with van der Waals surface area (Å²) in [6.45, 7) is 3.83. The number of para-hydroxylation sites is 1. The largest absolute Gasteiger partial charge is 0.324 e. The molecule has 25 heavy (non-hydrogen) atoms. The van der Waals surface area contributed by atoms with E-state index >= 15 is 0 Å². The maximum atomic E-state index is 12.5. The number of hydrogen-bond acceptors (Lipinski definition) is 4. The van der Waals surface area contributed by atoms with Crippen molar-refractivity contribution < 1.29 is 17.4 Å². The van der Waals surface area contributed by atoms with E-state index in [2.05, 4.69) is 5.32 Å². The highest BCUT2D eigenvalue weighted by Gasteiger charge is 2.27. The molecule has 0 fully saturated rings. The van der Waals surface area contributed by atoms with Crippen molar-refractivity contribution in [2.24, 2.45) is 5.92 Å². The number of rotatable bonds is 8. The van der Waals surface area contributed by atoms with Crippen LogP contribution in [0.25, 0.3) is 0 Å². The summed E-state index contributed by atoms with van der Waals surface area (Å²) in [5.41, 5.74) is 1.22. The van der Waals surface area contributed by atoms with Crippen LogP contribution < -0.4 is 5.32 Å². The molecule has 0 saturated heterocycles. The van der Waals surface area contributed by atoms with Crippen LogP contribution in [-0.2, 0) is 24.8 Å². The Hall–Kier alpha value is -2.18. The summed E-state index contributed by atoms with van der Waals surface area (Å²) >= 11 is 0. The predicted octanol–water partition coefficient (Wildman–Crippen LogP) is 3.59. The molecule has 2 aromatic rings. The molecule has 0 saturated carbocycles. The van der Waals surface area contributed by atoms with Crippen molar-refractivity contribution in [1.29, 1.82) is 0 Å². The van der Waals surface area contributed by atoms with E-state index in [1.165, 1.54) is 0 Å². The Bertz CT molecular complexity index is 774. The van der Waals surface area contributed by atoms with Gasteiger partial charge in [-0.15, -0.1) is 0 Å². The first-order chi connectivity index (χ1) is 11.9. The van der Waals surface area contributed by atoms with Gasteiger partial charge < -0.3 is 5.32 Å². The van der Waals surface area contributed by atoms with Gasteiger partial charge in [0.25, 0.3) is 16.0 Å². The summed E-state index contributed by atoms with van der Waals surface area (Å²) in [6, 6.07) is 17.7. The average molecular weight is 361 g/mol. The van der Waals surface area contributed by atoms with E-state index in [-0.39, 0.29) is 11.7 Å². The van der Waals surface area contributed by atoms with Crippen LogP contribution in [0.3, 0.4) is 0 Å². The van der Waals surface area contributed by atoms with Crippen LogP contribution in [0.4, 0.5) is 5.69 Å². The van der Waals surface area contributed by atoms with Gasteiger partial charge in [-0.3, -0.25) is 8.98 Å². The lowest BCUT2D eigenvalue weighted by Crippen LogP contribution is -2.34. The highest BCUT2D eigenvalue weighted by atomic mass is 32.2. The summed E-state index contributed by atoms with van der Waals surface area (Å²) in [5, 5.41) is 2.71. The molecule has 1 atom stereocenters. The number of carbonyl (C=O) groups excluding carboxylic acids is 1. The van der Waals surface area contributed by atoms with Gasteiger partial charge in [-0.2, -0.15) is 8.42 Å². The van der Waals surface area contributed by atoms with Crippen molar-refractivity contribution in [2.75, 3.05) is 5.32 Å².